The second kappa shape index (κ2) is 13.5. The summed E-state index contributed by atoms with van der Waals surface area (Å²) in [6.45, 7) is 6.30. The van der Waals surface area contributed by atoms with Crippen molar-refractivity contribution in [2.45, 2.75) is 71.1 Å². The van der Waals surface area contributed by atoms with Crippen LogP contribution in [0.5, 0.6) is 0 Å². The molecule has 0 rings (SSSR count). The summed E-state index contributed by atoms with van der Waals surface area (Å²) in [6, 6.07) is -4.74. The summed E-state index contributed by atoms with van der Waals surface area (Å²) < 4.78 is 0. The Morgan fingerprint density at radius 2 is 1.42 bits per heavy atom. The van der Waals surface area contributed by atoms with Gasteiger partial charge in [0.1, 0.15) is 18.1 Å². The van der Waals surface area contributed by atoms with Crippen LogP contribution in [0.2, 0.25) is 0 Å². The van der Waals surface area contributed by atoms with Gasteiger partial charge in [0.2, 0.25) is 23.6 Å². The van der Waals surface area contributed by atoms with Crippen LogP contribution < -0.4 is 27.4 Å². The van der Waals surface area contributed by atoms with Gasteiger partial charge in [-0.3, -0.25) is 19.2 Å². The van der Waals surface area contributed by atoms with Crippen molar-refractivity contribution in [1.29, 1.82) is 0 Å². The molecule has 12 nitrogen and oxygen atoms in total. The average molecular weight is 446 g/mol. The number of aliphatic hydroxyl groups excluding tert-OH is 1. The molecule has 0 aliphatic heterocycles. The van der Waals surface area contributed by atoms with Gasteiger partial charge in [0.05, 0.1) is 12.6 Å². The summed E-state index contributed by atoms with van der Waals surface area (Å²) >= 11 is 0. The number of amides is 4. The van der Waals surface area contributed by atoms with Crippen molar-refractivity contribution in [2.24, 2.45) is 23.3 Å². The number of hydrogen-bond acceptors (Lipinski definition) is 7. The molecule has 31 heavy (non-hydrogen) atoms. The van der Waals surface area contributed by atoms with Crippen LogP contribution in [0.15, 0.2) is 0 Å². The zero-order valence-electron chi connectivity index (χ0n) is 18.4. The molecule has 0 aromatic heterocycles. The van der Waals surface area contributed by atoms with Crippen LogP contribution in [-0.4, -0.2) is 70.6 Å². The van der Waals surface area contributed by atoms with Crippen LogP contribution in [-0.2, 0) is 24.0 Å². The standard InChI is InChI=1S/C19H35N5O7/c1-9(2)7-11(20)16(27)24-15(10(3)4)18(29)22-12(5-6-14(21)26)17(28)23-13(8-25)19(30)31/h9-13,15,25H,5-8,20H2,1-4H3,(H2,21,26)(H,22,29)(H,23,28)(H,24,27)(H,30,31). The normalized spacial score (nSPS) is 15.0. The van der Waals surface area contributed by atoms with E-state index < -0.39 is 60.4 Å². The average Bonchev–Trinajstić information content (AvgIpc) is 2.65. The van der Waals surface area contributed by atoms with Crippen molar-refractivity contribution >= 4 is 29.6 Å². The number of rotatable bonds is 14. The summed E-state index contributed by atoms with van der Waals surface area (Å²) in [4.78, 5) is 59.7. The number of carboxylic acid groups (broad SMARTS) is 1. The topological polar surface area (TPSA) is 214 Å². The number of carboxylic acids is 1. The lowest BCUT2D eigenvalue weighted by molar-refractivity contribution is -0.143. The van der Waals surface area contributed by atoms with E-state index in [9.17, 15) is 24.0 Å². The fraction of sp³-hybridized carbons (Fsp3) is 0.737. The van der Waals surface area contributed by atoms with E-state index in [0.29, 0.717) is 6.42 Å². The van der Waals surface area contributed by atoms with Crippen molar-refractivity contribution in [2.75, 3.05) is 6.61 Å². The van der Waals surface area contributed by atoms with Gasteiger partial charge in [-0.15, -0.1) is 0 Å². The molecule has 12 heteroatoms. The second-order valence-corrected chi connectivity index (χ2v) is 8.11. The van der Waals surface area contributed by atoms with Crippen LogP contribution in [0.3, 0.4) is 0 Å². The molecular weight excluding hydrogens is 410 g/mol. The van der Waals surface area contributed by atoms with Gasteiger partial charge in [-0.05, 0) is 24.7 Å². The number of nitrogens with two attached hydrogens (primary N) is 2. The zero-order valence-corrected chi connectivity index (χ0v) is 18.4. The van der Waals surface area contributed by atoms with E-state index in [4.69, 9.17) is 21.7 Å². The molecule has 4 atom stereocenters. The Bertz CT molecular complexity index is 654. The lowest BCUT2D eigenvalue weighted by atomic mass is 9.99. The van der Waals surface area contributed by atoms with Crippen molar-refractivity contribution in [3.8, 4) is 0 Å². The first-order valence-electron chi connectivity index (χ1n) is 10.1. The van der Waals surface area contributed by atoms with E-state index in [1.54, 1.807) is 13.8 Å². The van der Waals surface area contributed by atoms with E-state index in [2.05, 4.69) is 16.0 Å². The first-order valence-corrected chi connectivity index (χ1v) is 10.1. The van der Waals surface area contributed by atoms with Gasteiger partial charge in [0.25, 0.3) is 0 Å². The molecule has 0 fully saturated rings. The number of carbonyl (C=O) groups excluding carboxylic acids is 4. The Labute approximate surface area is 181 Å². The summed E-state index contributed by atoms with van der Waals surface area (Å²) in [5.41, 5.74) is 11.0. The molecule has 9 N–H and O–H groups in total. The molecular formula is C19H35N5O7. The molecule has 4 unspecified atom stereocenters. The third-order valence-corrected chi connectivity index (χ3v) is 4.42. The van der Waals surface area contributed by atoms with E-state index >= 15 is 0 Å². The number of primary amides is 1. The smallest absolute Gasteiger partial charge is 0.328 e. The quantitative estimate of drug-likeness (QED) is 0.155. The number of hydrogen-bond donors (Lipinski definition) is 7. The van der Waals surface area contributed by atoms with Crippen LogP contribution in [0.25, 0.3) is 0 Å². The highest BCUT2D eigenvalue weighted by atomic mass is 16.4. The van der Waals surface area contributed by atoms with Gasteiger partial charge >= 0.3 is 5.97 Å². The van der Waals surface area contributed by atoms with Gasteiger partial charge < -0.3 is 37.6 Å². The number of aliphatic carboxylic acids is 1. The molecule has 0 aromatic rings. The van der Waals surface area contributed by atoms with Crippen molar-refractivity contribution in [1.82, 2.24) is 16.0 Å². The van der Waals surface area contributed by atoms with E-state index in [1.807, 2.05) is 13.8 Å². The van der Waals surface area contributed by atoms with E-state index in [0.717, 1.165) is 0 Å². The molecule has 0 radical (unpaired) electrons. The summed E-state index contributed by atoms with van der Waals surface area (Å²) in [5, 5.41) is 25.1. The second-order valence-electron chi connectivity index (χ2n) is 8.11. The summed E-state index contributed by atoms with van der Waals surface area (Å²) in [7, 11) is 0. The van der Waals surface area contributed by atoms with Gasteiger partial charge in [-0.1, -0.05) is 27.7 Å². The first-order chi connectivity index (χ1) is 14.3. The molecule has 4 amide bonds. The Morgan fingerprint density at radius 3 is 1.84 bits per heavy atom. The van der Waals surface area contributed by atoms with Crippen molar-refractivity contribution in [3.63, 3.8) is 0 Å². The van der Waals surface area contributed by atoms with Crippen molar-refractivity contribution in [3.05, 3.63) is 0 Å². The minimum absolute atomic E-state index is 0.169. The molecule has 0 saturated heterocycles. The fourth-order valence-electron chi connectivity index (χ4n) is 2.68. The van der Waals surface area contributed by atoms with Gasteiger partial charge in [0.15, 0.2) is 0 Å². The highest BCUT2D eigenvalue weighted by Crippen LogP contribution is 2.08. The molecule has 0 saturated carbocycles. The third-order valence-electron chi connectivity index (χ3n) is 4.42. The SMILES string of the molecule is CC(C)CC(N)C(=O)NC(C(=O)NC(CCC(N)=O)C(=O)NC(CO)C(=O)O)C(C)C. The maximum Gasteiger partial charge on any atom is 0.328 e. The largest absolute Gasteiger partial charge is 0.480 e. The number of carbonyl (C=O) groups is 5. The Balaban J connectivity index is 5.39. The third kappa shape index (κ3) is 10.7. The highest BCUT2D eigenvalue weighted by Gasteiger charge is 2.31. The number of nitrogens with one attached hydrogen (secondary N) is 3. The lowest BCUT2D eigenvalue weighted by Crippen LogP contribution is -2.58. The minimum Gasteiger partial charge on any atom is -0.480 e. The summed E-state index contributed by atoms with van der Waals surface area (Å²) in [5.74, 6) is -4.53. The predicted octanol–water partition coefficient (Wildman–Crippen LogP) is -2.19. The molecule has 0 heterocycles. The maximum atomic E-state index is 12.8. The van der Waals surface area contributed by atoms with Gasteiger partial charge in [-0.2, -0.15) is 0 Å². The first kappa shape index (κ1) is 28.3. The minimum atomic E-state index is -1.59. The Hall–Kier alpha value is -2.73. The molecule has 0 aromatic carbocycles. The Kier molecular flexibility index (Phi) is 12.4. The fourth-order valence-corrected chi connectivity index (χ4v) is 2.68. The van der Waals surface area contributed by atoms with Crippen LogP contribution >= 0.6 is 0 Å². The van der Waals surface area contributed by atoms with Crippen molar-refractivity contribution < 1.29 is 34.2 Å². The molecule has 178 valence electrons. The van der Waals surface area contributed by atoms with Crippen LogP contribution in [0.1, 0.15) is 47.0 Å². The number of aliphatic hydroxyl groups is 1. The lowest BCUT2D eigenvalue weighted by Gasteiger charge is -2.27. The molecule has 0 spiro atoms. The Morgan fingerprint density at radius 1 is 0.871 bits per heavy atom. The maximum absolute atomic E-state index is 12.8. The molecule has 0 aliphatic carbocycles. The van der Waals surface area contributed by atoms with Gasteiger partial charge in [0, 0.05) is 6.42 Å². The van der Waals surface area contributed by atoms with E-state index in [1.165, 1.54) is 0 Å². The monoisotopic (exact) mass is 445 g/mol. The highest BCUT2D eigenvalue weighted by molar-refractivity contribution is 5.94. The summed E-state index contributed by atoms with van der Waals surface area (Å²) in [6.07, 6.45) is -0.0385. The molecule has 0 bridgehead atoms. The van der Waals surface area contributed by atoms with E-state index in [-0.39, 0.29) is 24.7 Å². The van der Waals surface area contributed by atoms with Crippen LogP contribution in [0.4, 0.5) is 0 Å². The molecule has 0 aliphatic rings. The predicted molar refractivity (Wildman–Crippen MR) is 111 cm³/mol. The zero-order chi connectivity index (χ0) is 24.3. The van der Waals surface area contributed by atoms with Crippen LogP contribution in [0, 0.1) is 11.8 Å². The van der Waals surface area contributed by atoms with Gasteiger partial charge in [-0.25, -0.2) is 4.79 Å².